The van der Waals surface area contributed by atoms with Gasteiger partial charge in [-0.1, -0.05) is 33.6 Å². The van der Waals surface area contributed by atoms with Crippen molar-refractivity contribution in [3.8, 4) is 0 Å². The van der Waals surface area contributed by atoms with Crippen molar-refractivity contribution in [2.45, 2.75) is 25.8 Å². The summed E-state index contributed by atoms with van der Waals surface area (Å²) in [4.78, 5) is 0. The predicted octanol–water partition coefficient (Wildman–Crippen LogP) is 3.31. The van der Waals surface area contributed by atoms with Gasteiger partial charge >= 0.3 is 0 Å². The van der Waals surface area contributed by atoms with Crippen LogP contribution >= 0.6 is 15.9 Å². The summed E-state index contributed by atoms with van der Waals surface area (Å²) in [5.41, 5.74) is 5.23. The Hall–Kier alpha value is -0.640. The smallest absolute Gasteiger partial charge is 0.0463 e. The van der Waals surface area contributed by atoms with E-state index in [1.165, 1.54) is 11.1 Å². The fourth-order valence-electron chi connectivity index (χ4n) is 1.46. The summed E-state index contributed by atoms with van der Waals surface area (Å²) in [6.07, 6.45) is 1.96. The zero-order valence-electron chi connectivity index (χ0n) is 8.96. The molecule has 1 rings (SSSR count). The minimum absolute atomic E-state index is 0.194. The topological polar surface area (TPSA) is 38.0 Å². The number of hydrogen-bond donors (Lipinski definition) is 2. The van der Waals surface area contributed by atoms with Crippen LogP contribution in [0.4, 0.5) is 0 Å². The van der Waals surface area contributed by atoms with Crippen molar-refractivity contribution in [2.24, 2.45) is 5.84 Å². The summed E-state index contributed by atoms with van der Waals surface area (Å²) in [6, 6.07) is 8.39. The standard InChI is InChI=1S/C12H17BrN2/c1-9(2)6-7-12(15-14)10-4-3-5-11(13)8-10/h3-5,8,12,15H,1,6-7,14H2,2H3. The molecule has 1 unspecified atom stereocenters. The van der Waals surface area contributed by atoms with E-state index in [4.69, 9.17) is 5.84 Å². The van der Waals surface area contributed by atoms with Crippen LogP contribution in [0.2, 0.25) is 0 Å². The summed E-state index contributed by atoms with van der Waals surface area (Å²) in [7, 11) is 0. The third kappa shape index (κ3) is 4.16. The van der Waals surface area contributed by atoms with Crippen LogP contribution in [0.15, 0.2) is 40.9 Å². The normalized spacial score (nSPS) is 12.5. The highest BCUT2D eigenvalue weighted by atomic mass is 79.9. The Labute approximate surface area is 99.7 Å². The third-order valence-corrected chi connectivity index (χ3v) is 2.81. The van der Waals surface area contributed by atoms with Gasteiger partial charge in [0.05, 0.1) is 0 Å². The van der Waals surface area contributed by atoms with Crippen molar-refractivity contribution in [1.82, 2.24) is 5.43 Å². The van der Waals surface area contributed by atoms with E-state index in [-0.39, 0.29) is 6.04 Å². The molecule has 0 amide bonds. The number of rotatable bonds is 5. The average Bonchev–Trinajstić information content (AvgIpc) is 2.18. The maximum Gasteiger partial charge on any atom is 0.0463 e. The van der Waals surface area contributed by atoms with Gasteiger partial charge in [-0.25, -0.2) is 0 Å². The maximum atomic E-state index is 5.55. The zero-order valence-corrected chi connectivity index (χ0v) is 10.5. The van der Waals surface area contributed by atoms with Crippen LogP contribution in [0, 0.1) is 0 Å². The number of hydrogen-bond acceptors (Lipinski definition) is 2. The van der Waals surface area contributed by atoms with E-state index in [0.717, 1.165) is 17.3 Å². The molecule has 0 saturated heterocycles. The maximum absolute atomic E-state index is 5.55. The van der Waals surface area contributed by atoms with Crippen molar-refractivity contribution >= 4 is 15.9 Å². The van der Waals surface area contributed by atoms with E-state index in [0.29, 0.717) is 0 Å². The molecule has 0 aliphatic carbocycles. The molecule has 0 bridgehead atoms. The second-order valence-electron chi connectivity index (χ2n) is 3.77. The van der Waals surface area contributed by atoms with Gasteiger partial charge in [-0.15, -0.1) is 6.58 Å². The van der Waals surface area contributed by atoms with Gasteiger partial charge in [-0.2, -0.15) is 0 Å². The molecule has 3 N–H and O–H groups in total. The second kappa shape index (κ2) is 6.05. The van der Waals surface area contributed by atoms with E-state index < -0.39 is 0 Å². The van der Waals surface area contributed by atoms with Crippen molar-refractivity contribution in [3.63, 3.8) is 0 Å². The molecule has 15 heavy (non-hydrogen) atoms. The quantitative estimate of drug-likeness (QED) is 0.489. The molecule has 82 valence electrons. The lowest BCUT2D eigenvalue weighted by Gasteiger charge is -2.16. The number of hydrazine groups is 1. The summed E-state index contributed by atoms with van der Waals surface area (Å²) in [6.45, 7) is 5.93. The number of nitrogens with one attached hydrogen (secondary N) is 1. The van der Waals surface area contributed by atoms with Gasteiger partial charge in [-0.3, -0.25) is 11.3 Å². The molecule has 0 aliphatic rings. The van der Waals surface area contributed by atoms with Gasteiger partial charge in [0.15, 0.2) is 0 Å². The lowest BCUT2D eigenvalue weighted by molar-refractivity contribution is 0.515. The monoisotopic (exact) mass is 268 g/mol. The minimum atomic E-state index is 0.194. The fourth-order valence-corrected chi connectivity index (χ4v) is 1.88. The van der Waals surface area contributed by atoms with Crippen LogP contribution < -0.4 is 11.3 Å². The lowest BCUT2D eigenvalue weighted by atomic mass is 10.0. The zero-order chi connectivity index (χ0) is 11.3. The van der Waals surface area contributed by atoms with Gasteiger partial charge in [0.2, 0.25) is 0 Å². The molecule has 1 aromatic carbocycles. The number of halogens is 1. The van der Waals surface area contributed by atoms with Gasteiger partial charge in [0.25, 0.3) is 0 Å². The van der Waals surface area contributed by atoms with E-state index >= 15 is 0 Å². The first-order valence-electron chi connectivity index (χ1n) is 4.99. The lowest BCUT2D eigenvalue weighted by Crippen LogP contribution is -2.28. The highest BCUT2D eigenvalue weighted by Crippen LogP contribution is 2.22. The van der Waals surface area contributed by atoms with Crippen molar-refractivity contribution in [2.75, 3.05) is 0 Å². The van der Waals surface area contributed by atoms with E-state index in [9.17, 15) is 0 Å². The second-order valence-corrected chi connectivity index (χ2v) is 4.69. The van der Waals surface area contributed by atoms with Crippen molar-refractivity contribution in [1.29, 1.82) is 0 Å². The van der Waals surface area contributed by atoms with Crippen molar-refractivity contribution < 1.29 is 0 Å². The molecular formula is C12H17BrN2. The molecule has 0 radical (unpaired) electrons. The molecule has 1 atom stereocenters. The molecule has 0 heterocycles. The van der Waals surface area contributed by atoms with Crippen LogP contribution in [-0.2, 0) is 0 Å². The van der Waals surface area contributed by atoms with Crippen LogP contribution in [0.5, 0.6) is 0 Å². The molecule has 1 aromatic rings. The Balaban J connectivity index is 2.69. The highest BCUT2D eigenvalue weighted by molar-refractivity contribution is 9.10. The summed E-state index contributed by atoms with van der Waals surface area (Å²) < 4.78 is 1.08. The largest absolute Gasteiger partial charge is 0.271 e. The first-order valence-corrected chi connectivity index (χ1v) is 5.78. The average molecular weight is 269 g/mol. The van der Waals surface area contributed by atoms with Crippen molar-refractivity contribution in [3.05, 3.63) is 46.5 Å². The number of allylic oxidation sites excluding steroid dienone is 1. The molecule has 2 nitrogen and oxygen atoms in total. The van der Waals surface area contributed by atoms with Gasteiger partial charge in [0.1, 0.15) is 0 Å². The van der Waals surface area contributed by atoms with E-state index in [2.05, 4.69) is 40.1 Å². The van der Waals surface area contributed by atoms with Crippen LogP contribution in [0.3, 0.4) is 0 Å². The molecule has 0 fully saturated rings. The van der Waals surface area contributed by atoms with E-state index in [1.54, 1.807) is 0 Å². The third-order valence-electron chi connectivity index (χ3n) is 2.31. The molecule has 3 heteroatoms. The molecular weight excluding hydrogens is 252 g/mol. The Kier molecular flexibility index (Phi) is 5.02. The van der Waals surface area contributed by atoms with Crippen LogP contribution in [-0.4, -0.2) is 0 Å². The Morgan fingerprint density at radius 3 is 2.87 bits per heavy atom. The summed E-state index contributed by atoms with van der Waals surface area (Å²) in [5, 5.41) is 0. The Morgan fingerprint density at radius 1 is 1.60 bits per heavy atom. The molecule has 0 saturated carbocycles. The summed E-state index contributed by atoms with van der Waals surface area (Å²) >= 11 is 3.45. The molecule has 0 aliphatic heterocycles. The van der Waals surface area contributed by atoms with Gasteiger partial charge in [-0.05, 0) is 37.5 Å². The predicted molar refractivity (Wildman–Crippen MR) is 68.3 cm³/mol. The number of nitrogens with two attached hydrogens (primary N) is 1. The van der Waals surface area contributed by atoms with Gasteiger partial charge in [0, 0.05) is 10.5 Å². The first-order chi connectivity index (χ1) is 7.13. The SMILES string of the molecule is C=C(C)CCC(NN)c1cccc(Br)c1. The highest BCUT2D eigenvalue weighted by Gasteiger charge is 2.09. The Bertz CT molecular complexity index is 336. The van der Waals surface area contributed by atoms with Gasteiger partial charge < -0.3 is 0 Å². The molecule has 0 aromatic heterocycles. The van der Waals surface area contributed by atoms with Crippen LogP contribution in [0.1, 0.15) is 31.4 Å². The number of benzene rings is 1. The summed E-state index contributed by atoms with van der Waals surface area (Å²) in [5.74, 6) is 5.55. The minimum Gasteiger partial charge on any atom is -0.271 e. The molecule has 0 spiro atoms. The fraction of sp³-hybridized carbons (Fsp3) is 0.333. The Morgan fingerprint density at radius 2 is 2.33 bits per heavy atom. The first kappa shape index (κ1) is 12.4. The van der Waals surface area contributed by atoms with Crippen LogP contribution in [0.25, 0.3) is 0 Å². The van der Waals surface area contributed by atoms with E-state index in [1.807, 2.05) is 19.1 Å².